The van der Waals surface area contributed by atoms with Gasteiger partial charge in [0.15, 0.2) is 0 Å². The Morgan fingerprint density at radius 1 is 1.29 bits per heavy atom. The first-order chi connectivity index (χ1) is 6.43. The van der Waals surface area contributed by atoms with E-state index < -0.39 is 18.8 Å². The van der Waals surface area contributed by atoms with Crippen LogP contribution in [0.25, 0.3) is 0 Å². The highest BCUT2D eigenvalue weighted by atomic mass is 19.3. The summed E-state index contributed by atoms with van der Waals surface area (Å²) in [7, 11) is 0. The lowest BCUT2D eigenvalue weighted by Gasteiger charge is -2.20. The van der Waals surface area contributed by atoms with E-state index >= 15 is 0 Å². The number of hydrogen-bond donors (Lipinski definition) is 1. The Balaban J connectivity index is 0. The topological polar surface area (TPSA) is 38.3 Å². The molecule has 3 nitrogen and oxygen atoms in total. The normalized spacial score (nSPS) is 14.0. The number of rotatable bonds is 4. The maximum Gasteiger partial charge on any atom is 0.345 e. The van der Waals surface area contributed by atoms with Crippen molar-refractivity contribution >= 4 is 5.91 Å². The molecular formula is C9H19F2NO2. The van der Waals surface area contributed by atoms with Crippen LogP contribution in [0.15, 0.2) is 0 Å². The third-order valence-electron chi connectivity index (χ3n) is 1.45. The number of nitrogens with one attached hydrogen (secondary N) is 1. The standard InChI is InChI=1S/C7H13F2NO2.C2H6/c1-4(10-6(3)11)5(2)12-7(8)9;1-2/h4-5,7H,1-3H3,(H,10,11);1-2H3. The maximum atomic E-state index is 11.6. The number of amides is 1. The Hall–Kier alpha value is -0.710. The molecule has 0 saturated carbocycles. The van der Waals surface area contributed by atoms with Gasteiger partial charge in [0.25, 0.3) is 0 Å². The zero-order valence-electron chi connectivity index (χ0n) is 9.30. The Bertz CT molecular complexity index is 154. The van der Waals surface area contributed by atoms with Crippen LogP contribution in [0.5, 0.6) is 0 Å². The third kappa shape index (κ3) is 9.38. The molecule has 1 N–H and O–H groups in total. The highest BCUT2D eigenvalue weighted by Crippen LogP contribution is 2.04. The van der Waals surface area contributed by atoms with Crippen molar-refractivity contribution in [3.63, 3.8) is 0 Å². The van der Waals surface area contributed by atoms with Gasteiger partial charge in [0, 0.05) is 6.92 Å². The average Bonchev–Trinajstić information content (AvgIpc) is 2.05. The van der Waals surface area contributed by atoms with Gasteiger partial charge >= 0.3 is 6.61 Å². The van der Waals surface area contributed by atoms with Gasteiger partial charge in [-0.3, -0.25) is 4.79 Å². The van der Waals surface area contributed by atoms with E-state index in [0.29, 0.717) is 0 Å². The molecule has 0 saturated heterocycles. The zero-order chi connectivity index (χ0) is 11.7. The van der Waals surface area contributed by atoms with Crippen LogP contribution in [0, 0.1) is 0 Å². The molecule has 0 aromatic rings. The van der Waals surface area contributed by atoms with Gasteiger partial charge in [-0.25, -0.2) is 0 Å². The minimum absolute atomic E-state index is 0.257. The summed E-state index contributed by atoms with van der Waals surface area (Å²) in [6, 6.07) is -0.406. The lowest BCUT2D eigenvalue weighted by molar-refractivity contribution is -0.165. The van der Waals surface area contributed by atoms with E-state index in [1.54, 1.807) is 6.92 Å². The van der Waals surface area contributed by atoms with Gasteiger partial charge in [0.2, 0.25) is 5.91 Å². The summed E-state index contributed by atoms with van der Waals surface area (Å²) in [5.41, 5.74) is 0. The Morgan fingerprint density at radius 3 is 2.00 bits per heavy atom. The zero-order valence-corrected chi connectivity index (χ0v) is 9.30. The molecule has 0 aromatic carbocycles. The Kier molecular flexibility index (Phi) is 9.98. The first kappa shape index (κ1) is 15.7. The highest BCUT2D eigenvalue weighted by Gasteiger charge is 2.17. The fourth-order valence-corrected chi connectivity index (χ4v) is 0.718. The molecule has 86 valence electrons. The number of alkyl halides is 2. The van der Waals surface area contributed by atoms with Crippen LogP contribution in [-0.2, 0) is 9.53 Å². The molecule has 0 fully saturated rings. The van der Waals surface area contributed by atoms with Gasteiger partial charge in [0.05, 0.1) is 12.1 Å². The lowest BCUT2D eigenvalue weighted by Crippen LogP contribution is -2.40. The summed E-state index contributed by atoms with van der Waals surface area (Å²) < 4.78 is 27.5. The lowest BCUT2D eigenvalue weighted by atomic mass is 10.2. The van der Waals surface area contributed by atoms with E-state index in [9.17, 15) is 13.6 Å². The van der Waals surface area contributed by atoms with Gasteiger partial charge in [0.1, 0.15) is 0 Å². The summed E-state index contributed by atoms with van der Waals surface area (Å²) in [4.78, 5) is 10.5. The van der Waals surface area contributed by atoms with Gasteiger partial charge < -0.3 is 10.1 Å². The Morgan fingerprint density at radius 2 is 1.71 bits per heavy atom. The van der Waals surface area contributed by atoms with Crippen LogP contribution >= 0.6 is 0 Å². The molecule has 2 unspecified atom stereocenters. The van der Waals surface area contributed by atoms with Crippen molar-refractivity contribution in [2.24, 2.45) is 0 Å². The van der Waals surface area contributed by atoms with Crippen LogP contribution in [0.4, 0.5) is 8.78 Å². The monoisotopic (exact) mass is 211 g/mol. The van der Waals surface area contributed by atoms with Crippen LogP contribution < -0.4 is 5.32 Å². The smallest absolute Gasteiger partial charge is 0.345 e. The number of carbonyl (C=O) groups is 1. The summed E-state index contributed by atoms with van der Waals surface area (Å²) in [5, 5.41) is 2.45. The van der Waals surface area contributed by atoms with Crippen molar-refractivity contribution in [2.45, 2.75) is 53.4 Å². The van der Waals surface area contributed by atoms with Gasteiger partial charge in [-0.2, -0.15) is 8.78 Å². The Labute approximate surface area is 83.8 Å². The quantitative estimate of drug-likeness (QED) is 0.773. The number of ether oxygens (including phenoxy) is 1. The minimum Gasteiger partial charge on any atom is -0.351 e. The van der Waals surface area contributed by atoms with Crippen molar-refractivity contribution < 1.29 is 18.3 Å². The molecule has 0 heterocycles. The van der Waals surface area contributed by atoms with Crippen molar-refractivity contribution in [1.29, 1.82) is 0 Å². The fraction of sp³-hybridized carbons (Fsp3) is 0.889. The van der Waals surface area contributed by atoms with E-state index in [0.717, 1.165) is 0 Å². The van der Waals surface area contributed by atoms with E-state index in [4.69, 9.17) is 0 Å². The van der Waals surface area contributed by atoms with Crippen LogP contribution in [-0.4, -0.2) is 24.7 Å². The molecule has 0 bridgehead atoms. The van der Waals surface area contributed by atoms with Crippen LogP contribution in [0.2, 0.25) is 0 Å². The van der Waals surface area contributed by atoms with Gasteiger partial charge in [-0.15, -0.1) is 0 Å². The highest BCUT2D eigenvalue weighted by molar-refractivity contribution is 5.73. The summed E-state index contributed by atoms with van der Waals surface area (Å²) in [6.07, 6.45) is -0.686. The number of halogens is 2. The van der Waals surface area contributed by atoms with E-state index in [1.165, 1.54) is 13.8 Å². The van der Waals surface area contributed by atoms with Crippen molar-refractivity contribution in [3.05, 3.63) is 0 Å². The largest absolute Gasteiger partial charge is 0.351 e. The first-order valence-electron chi connectivity index (χ1n) is 4.64. The van der Waals surface area contributed by atoms with Gasteiger partial charge in [-0.05, 0) is 13.8 Å². The van der Waals surface area contributed by atoms with Crippen molar-refractivity contribution in [3.8, 4) is 0 Å². The predicted molar refractivity (Wildman–Crippen MR) is 51.2 cm³/mol. The van der Waals surface area contributed by atoms with Gasteiger partial charge in [-0.1, -0.05) is 13.8 Å². The van der Waals surface area contributed by atoms with Crippen LogP contribution in [0.1, 0.15) is 34.6 Å². The van der Waals surface area contributed by atoms with Crippen LogP contribution in [0.3, 0.4) is 0 Å². The second-order valence-corrected chi connectivity index (χ2v) is 2.59. The van der Waals surface area contributed by atoms with E-state index in [-0.39, 0.29) is 5.91 Å². The molecule has 0 spiro atoms. The van der Waals surface area contributed by atoms with E-state index in [2.05, 4.69) is 10.1 Å². The minimum atomic E-state index is -2.80. The molecule has 0 aromatic heterocycles. The molecular weight excluding hydrogens is 192 g/mol. The first-order valence-corrected chi connectivity index (χ1v) is 4.64. The molecule has 0 aliphatic rings. The predicted octanol–water partition coefficient (Wildman–Crippen LogP) is 2.16. The summed E-state index contributed by atoms with van der Waals surface area (Å²) >= 11 is 0. The molecule has 0 aliphatic heterocycles. The molecule has 0 aliphatic carbocycles. The fourth-order valence-electron chi connectivity index (χ4n) is 0.718. The summed E-state index contributed by atoms with van der Waals surface area (Å²) in [6.45, 7) is 5.61. The molecule has 1 amide bonds. The SMILES string of the molecule is CC.CC(=O)NC(C)C(C)OC(F)F. The number of carbonyl (C=O) groups excluding carboxylic acids is 1. The molecule has 0 rings (SSSR count). The van der Waals surface area contributed by atoms with Crippen molar-refractivity contribution in [2.75, 3.05) is 0 Å². The summed E-state index contributed by atoms with van der Waals surface area (Å²) in [5.74, 6) is -0.257. The molecule has 0 radical (unpaired) electrons. The average molecular weight is 211 g/mol. The number of hydrogen-bond acceptors (Lipinski definition) is 2. The molecule has 2 atom stereocenters. The van der Waals surface area contributed by atoms with E-state index in [1.807, 2.05) is 13.8 Å². The second kappa shape index (κ2) is 8.87. The maximum absolute atomic E-state index is 11.6. The van der Waals surface area contributed by atoms with Crippen molar-refractivity contribution in [1.82, 2.24) is 5.32 Å². The third-order valence-corrected chi connectivity index (χ3v) is 1.45. The second-order valence-electron chi connectivity index (χ2n) is 2.59. The molecule has 14 heavy (non-hydrogen) atoms. The molecule has 5 heteroatoms.